The van der Waals surface area contributed by atoms with Crippen LogP contribution in [0.5, 0.6) is 0 Å². The number of nitrogens with two attached hydrogens (primary N) is 1. The van der Waals surface area contributed by atoms with Gasteiger partial charge in [0.2, 0.25) is 0 Å². The zero-order valence-corrected chi connectivity index (χ0v) is 11.7. The van der Waals surface area contributed by atoms with Crippen LogP contribution < -0.4 is 11.1 Å². The molecule has 2 unspecified atom stereocenters. The number of rotatable bonds is 4. The standard InChI is InChI=1S/C12H19N3S2/c1-2-15-12(11-8-16-5-6-17-11)9-7-14-4-3-10(9)13/h3-4,7,11-12,15H,2,5-6,8H2,1H3,(H2,13,14). The van der Waals surface area contributed by atoms with Gasteiger partial charge in [-0.15, -0.1) is 0 Å². The maximum Gasteiger partial charge on any atom is 0.0484 e. The van der Waals surface area contributed by atoms with Gasteiger partial charge in [-0.1, -0.05) is 6.92 Å². The van der Waals surface area contributed by atoms with E-state index in [1.807, 2.05) is 35.8 Å². The van der Waals surface area contributed by atoms with Gasteiger partial charge >= 0.3 is 0 Å². The number of aromatic nitrogens is 1. The van der Waals surface area contributed by atoms with E-state index in [1.54, 1.807) is 6.20 Å². The lowest BCUT2D eigenvalue weighted by Crippen LogP contribution is -2.34. The predicted molar refractivity (Wildman–Crippen MR) is 78.6 cm³/mol. The maximum absolute atomic E-state index is 6.06. The molecule has 0 bridgehead atoms. The van der Waals surface area contributed by atoms with Gasteiger partial charge in [0.05, 0.1) is 0 Å². The van der Waals surface area contributed by atoms with Crippen LogP contribution in [0.1, 0.15) is 18.5 Å². The van der Waals surface area contributed by atoms with Gasteiger partial charge in [0.1, 0.15) is 0 Å². The molecule has 17 heavy (non-hydrogen) atoms. The van der Waals surface area contributed by atoms with E-state index in [9.17, 15) is 0 Å². The summed E-state index contributed by atoms with van der Waals surface area (Å²) in [6, 6.07) is 2.21. The third-order valence-electron chi connectivity index (χ3n) is 2.86. The van der Waals surface area contributed by atoms with Crippen LogP contribution in [-0.4, -0.2) is 34.0 Å². The highest BCUT2D eigenvalue weighted by Gasteiger charge is 2.26. The summed E-state index contributed by atoms with van der Waals surface area (Å²) >= 11 is 4.08. The average Bonchev–Trinajstić information content (AvgIpc) is 2.38. The number of thioether (sulfide) groups is 2. The van der Waals surface area contributed by atoms with Crippen LogP contribution in [0.25, 0.3) is 0 Å². The van der Waals surface area contributed by atoms with Crippen molar-refractivity contribution in [1.82, 2.24) is 10.3 Å². The van der Waals surface area contributed by atoms with Crippen LogP contribution in [0.2, 0.25) is 0 Å². The summed E-state index contributed by atoms with van der Waals surface area (Å²) in [6.07, 6.45) is 3.66. The molecule has 2 rings (SSSR count). The Balaban J connectivity index is 2.18. The van der Waals surface area contributed by atoms with Crippen LogP contribution in [-0.2, 0) is 0 Å². The van der Waals surface area contributed by atoms with Crippen LogP contribution in [0.4, 0.5) is 5.69 Å². The molecule has 3 nitrogen and oxygen atoms in total. The van der Waals surface area contributed by atoms with E-state index in [2.05, 4.69) is 17.2 Å². The quantitative estimate of drug-likeness (QED) is 0.877. The van der Waals surface area contributed by atoms with Gasteiger partial charge in [0, 0.05) is 52.2 Å². The van der Waals surface area contributed by atoms with Gasteiger partial charge in [0.15, 0.2) is 0 Å². The fourth-order valence-corrected chi connectivity index (χ4v) is 4.90. The van der Waals surface area contributed by atoms with Crippen LogP contribution >= 0.6 is 23.5 Å². The fourth-order valence-electron chi connectivity index (χ4n) is 2.04. The molecule has 0 aromatic carbocycles. The van der Waals surface area contributed by atoms with E-state index in [0.717, 1.165) is 17.8 Å². The Morgan fingerprint density at radius 1 is 1.59 bits per heavy atom. The number of hydrogen-bond acceptors (Lipinski definition) is 5. The van der Waals surface area contributed by atoms with E-state index < -0.39 is 0 Å². The third kappa shape index (κ3) is 3.30. The molecule has 94 valence electrons. The minimum Gasteiger partial charge on any atom is -0.398 e. The third-order valence-corrected chi connectivity index (χ3v) is 5.72. The molecule has 1 aromatic rings. The van der Waals surface area contributed by atoms with Crippen molar-refractivity contribution in [3.63, 3.8) is 0 Å². The Labute approximate surface area is 111 Å². The molecule has 1 saturated heterocycles. The zero-order chi connectivity index (χ0) is 12.1. The second-order valence-electron chi connectivity index (χ2n) is 4.02. The van der Waals surface area contributed by atoms with E-state index >= 15 is 0 Å². The van der Waals surface area contributed by atoms with Crippen LogP contribution in [0.15, 0.2) is 18.5 Å². The number of nitrogen functional groups attached to an aromatic ring is 1. The summed E-state index contributed by atoms with van der Waals surface area (Å²) in [6.45, 7) is 3.10. The molecule has 3 N–H and O–H groups in total. The number of hydrogen-bond donors (Lipinski definition) is 2. The molecular weight excluding hydrogens is 250 g/mol. The Kier molecular flexibility index (Phi) is 5.00. The van der Waals surface area contributed by atoms with Crippen molar-refractivity contribution in [3.05, 3.63) is 24.0 Å². The molecule has 1 aliphatic rings. The summed E-state index contributed by atoms with van der Waals surface area (Å²) in [5.41, 5.74) is 8.06. The summed E-state index contributed by atoms with van der Waals surface area (Å²) in [5, 5.41) is 4.15. The second kappa shape index (κ2) is 6.52. The molecule has 0 spiro atoms. The summed E-state index contributed by atoms with van der Waals surface area (Å²) < 4.78 is 0. The first-order chi connectivity index (χ1) is 8.33. The Morgan fingerprint density at radius 3 is 3.12 bits per heavy atom. The minimum absolute atomic E-state index is 0.325. The van der Waals surface area contributed by atoms with Crippen molar-refractivity contribution in [2.45, 2.75) is 18.2 Å². The first kappa shape index (κ1) is 13.1. The highest BCUT2D eigenvalue weighted by atomic mass is 32.2. The lowest BCUT2D eigenvalue weighted by molar-refractivity contribution is 0.550. The molecule has 0 radical (unpaired) electrons. The maximum atomic E-state index is 6.06. The first-order valence-corrected chi connectivity index (χ1v) is 8.15. The number of nitrogens with zero attached hydrogens (tertiary/aromatic N) is 1. The van der Waals surface area contributed by atoms with Gasteiger partial charge in [-0.05, 0) is 12.6 Å². The lowest BCUT2D eigenvalue weighted by atomic mass is 10.0. The highest BCUT2D eigenvalue weighted by Crippen LogP contribution is 2.35. The van der Waals surface area contributed by atoms with Crippen LogP contribution in [0.3, 0.4) is 0 Å². The average molecular weight is 269 g/mol. The zero-order valence-electron chi connectivity index (χ0n) is 10.1. The normalized spacial score (nSPS) is 22.3. The van der Waals surface area contributed by atoms with E-state index in [1.165, 1.54) is 17.3 Å². The monoisotopic (exact) mass is 269 g/mol. The smallest absolute Gasteiger partial charge is 0.0484 e. The molecular formula is C12H19N3S2. The highest BCUT2D eigenvalue weighted by molar-refractivity contribution is 8.06. The van der Waals surface area contributed by atoms with Gasteiger partial charge in [-0.25, -0.2) is 0 Å². The molecule has 1 fully saturated rings. The molecule has 1 aliphatic heterocycles. The van der Waals surface area contributed by atoms with Crippen molar-refractivity contribution < 1.29 is 0 Å². The Morgan fingerprint density at radius 2 is 2.47 bits per heavy atom. The van der Waals surface area contributed by atoms with Crippen LogP contribution in [0, 0.1) is 0 Å². The largest absolute Gasteiger partial charge is 0.398 e. The Hall–Kier alpha value is -0.390. The van der Waals surface area contributed by atoms with Crippen molar-refractivity contribution in [3.8, 4) is 0 Å². The molecule has 5 heteroatoms. The van der Waals surface area contributed by atoms with Crippen molar-refractivity contribution in [2.75, 3.05) is 29.5 Å². The fraction of sp³-hybridized carbons (Fsp3) is 0.583. The van der Waals surface area contributed by atoms with Crippen molar-refractivity contribution >= 4 is 29.2 Å². The lowest BCUT2D eigenvalue weighted by Gasteiger charge is -2.30. The number of nitrogens with one attached hydrogen (secondary N) is 1. The molecule has 2 heterocycles. The topological polar surface area (TPSA) is 50.9 Å². The molecule has 0 aliphatic carbocycles. The minimum atomic E-state index is 0.325. The van der Waals surface area contributed by atoms with E-state index in [4.69, 9.17) is 5.73 Å². The molecule has 1 aromatic heterocycles. The van der Waals surface area contributed by atoms with Gasteiger partial charge in [0.25, 0.3) is 0 Å². The Bertz CT molecular complexity index is 353. The molecule has 0 amide bonds. The van der Waals surface area contributed by atoms with E-state index in [-0.39, 0.29) is 0 Å². The SMILES string of the molecule is CCNC(c1cnccc1N)C1CSCCS1. The van der Waals surface area contributed by atoms with Gasteiger partial charge in [-0.3, -0.25) is 4.98 Å². The van der Waals surface area contributed by atoms with Crippen molar-refractivity contribution in [2.24, 2.45) is 0 Å². The van der Waals surface area contributed by atoms with E-state index in [0.29, 0.717) is 11.3 Å². The number of anilines is 1. The summed E-state index contributed by atoms with van der Waals surface area (Å²) in [7, 11) is 0. The number of pyridine rings is 1. The molecule has 2 atom stereocenters. The summed E-state index contributed by atoms with van der Waals surface area (Å²) in [5.74, 6) is 3.69. The molecule has 0 saturated carbocycles. The second-order valence-corrected chi connectivity index (χ2v) is 6.52. The van der Waals surface area contributed by atoms with Gasteiger partial charge in [-0.2, -0.15) is 23.5 Å². The predicted octanol–water partition coefficient (Wildman–Crippen LogP) is 2.16. The van der Waals surface area contributed by atoms with Gasteiger partial charge < -0.3 is 11.1 Å². The first-order valence-electron chi connectivity index (χ1n) is 5.95. The van der Waals surface area contributed by atoms with Crippen molar-refractivity contribution in [1.29, 1.82) is 0 Å². The summed E-state index contributed by atoms with van der Waals surface area (Å²) in [4.78, 5) is 4.21.